The van der Waals surface area contributed by atoms with Gasteiger partial charge in [0, 0.05) is 6.61 Å². The first-order chi connectivity index (χ1) is 7.72. The Balaban J connectivity index is -0.000000159. The van der Waals surface area contributed by atoms with E-state index in [9.17, 15) is 4.79 Å². The van der Waals surface area contributed by atoms with Gasteiger partial charge in [-0.1, -0.05) is 6.92 Å². The fourth-order valence-electron chi connectivity index (χ4n) is 0.292. The third kappa shape index (κ3) is 40.2. The molecule has 0 aromatic carbocycles. The Labute approximate surface area is 98.8 Å². The lowest BCUT2D eigenvalue weighted by atomic mass is 10.5. The highest BCUT2D eigenvalue weighted by Gasteiger charge is 2.09. The van der Waals surface area contributed by atoms with E-state index in [2.05, 4.69) is 14.2 Å². The molecule has 0 aromatic heterocycles. The molecule has 0 spiro atoms. The lowest BCUT2D eigenvalue weighted by Gasteiger charge is -1.78. The van der Waals surface area contributed by atoms with Gasteiger partial charge in [0.05, 0.1) is 13.2 Å². The van der Waals surface area contributed by atoms with Crippen LogP contribution >= 0.6 is 0 Å². The molecule has 0 aromatic rings. The number of carbonyl (C=O) groups excluding carboxylic acids is 3. The van der Waals surface area contributed by atoms with E-state index in [-0.39, 0.29) is 11.6 Å². The van der Waals surface area contributed by atoms with Crippen LogP contribution in [0.1, 0.15) is 13.3 Å². The van der Waals surface area contributed by atoms with Gasteiger partial charge in [0.25, 0.3) is 0 Å². The van der Waals surface area contributed by atoms with E-state index in [0.717, 1.165) is 19.6 Å². The van der Waals surface area contributed by atoms with E-state index in [1.165, 1.54) is 0 Å². The zero-order chi connectivity index (χ0) is 12.6. The molecule has 0 radical (unpaired) electrons. The van der Waals surface area contributed by atoms with Crippen LogP contribution in [0.5, 0.6) is 0 Å². The lowest BCUT2D eigenvalue weighted by Crippen LogP contribution is -1.88. The van der Waals surface area contributed by atoms with Crippen molar-refractivity contribution in [2.75, 3.05) is 33.0 Å². The van der Waals surface area contributed by atoms with Gasteiger partial charge in [-0.05, 0) is 6.42 Å². The summed E-state index contributed by atoms with van der Waals surface area (Å²) < 4.78 is 13.1. The maximum Gasteiger partial charge on any atom is 0.508 e. The Hall–Kier alpha value is -1.47. The van der Waals surface area contributed by atoms with Crippen molar-refractivity contribution in [1.82, 2.24) is 0 Å². The number of rotatable bonds is 1. The van der Waals surface area contributed by atoms with Crippen LogP contribution in [0.25, 0.3) is 0 Å². The fraction of sp³-hybridized carbons (Fsp3) is 0.778. The van der Waals surface area contributed by atoms with E-state index in [1.807, 2.05) is 6.92 Å². The summed E-state index contributed by atoms with van der Waals surface area (Å²) in [7, 11) is 0. The van der Waals surface area contributed by atoms with Gasteiger partial charge in [0.2, 0.25) is 0 Å². The van der Waals surface area contributed by atoms with E-state index in [1.54, 1.807) is 0 Å². The van der Waals surface area contributed by atoms with Crippen LogP contribution in [0.15, 0.2) is 0 Å². The van der Waals surface area contributed by atoms with Crippen molar-refractivity contribution in [3.8, 4) is 0 Å². The quantitative estimate of drug-likeness (QED) is 0.475. The third-order valence-corrected chi connectivity index (χ3v) is 0.951. The highest BCUT2D eigenvalue weighted by Crippen LogP contribution is 1.92. The van der Waals surface area contributed by atoms with Gasteiger partial charge in [-0.2, -0.15) is 9.59 Å². The van der Waals surface area contributed by atoms with E-state index in [0.29, 0.717) is 19.8 Å². The number of carbonyl (C=O) groups is 1. The molecular weight excluding hydrogens is 236 g/mol. The maximum absolute atomic E-state index is 9.80. The predicted molar refractivity (Wildman–Crippen MR) is 54.1 cm³/mol. The van der Waals surface area contributed by atoms with E-state index < -0.39 is 6.16 Å². The molecule has 17 heavy (non-hydrogen) atoms. The molecular formula is C9H18O8. The molecule has 2 saturated heterocycles. The molecule has 8 nitrogen and oxygen atoms in total. The number of epoxide rings is 1. The Morgan fingerprint density at radius 2 is 1.47 bits per heavy atom. The number of hydrogen-bond donors (Lipinski definition) is 1. The summed E-state index contributed by atoms with van der Waals surface area (Å²) in [5.74, 6) is 0. The number of aliphatic hydroxyl groups is 1. The Morgan fingerprint density at radius 3 is 1.53 bits per heavy atom. The predicted octanol–water partition coefficient (Wildman–Crippen LogP) is -0.850. The molecule has 2 fully saturated rings. The highest BCUT2D eigenvalue weighted by atomic mass is 16.8. The van der Waals surface area contributed by atoms with Crippen LogP contribution in [-0.4, -0.2) is 55.9 Å². The van der Waals surface area contributed by atoms with Crippen molar-refractivity contribution in [2.45, 2.75) is 13.3 Å². The van der Waals surface area contributed by atoms with Crippen molar-refractivity contribution >= 4 is 12.3 Å². The molecule has 2 heterocycles. The van der Waals surface area contributed by atoms with Gasteiger partial charge in [0.15, 0.2) is 0 Å². The zero-order valence-corrected chi connectivity index (χ0v) is 9.64. The summed E-state index contributed by atoms with van der Waals surface area (Å²) in [5, 5.41) is 7.88. The summed E-state index contributed by atoms with van der Waals surface area (Å²) in [4.78, 5) is 26.0. The minimum Gasteiger partial charge on any atom is -0.431 e. The summed E-state index contributed by atoms with van der Waals surface area (Å²) in [5.41, 5.74) is 0. The molecule has 0 bridgehead atoms. The van der Waals surface area contributed by atoms with Gasteiger partial charge in [0.1, 0.15) is 13.2 Å². The molecule has 0 unspecified atom stereocenters. The number of cyclic esters (lactones) is 2. The molecule has 102 valence electrons. The van der Waals surface area contributed by atoms with Crippen molar-refractivity contribution in [3.63, 3.8) is 0 Å². The molecule has 8 heteroatoms. The number of aliphatic hydroxyl groups excluding tert-OH is 1. The second-order valence-corrected chi connectivity index (χ2v) is 2.37. The molecule has 0 saturated carbocycles. The minimum atomic E-state index is -0.546. The second kappa shape index (κ2) is 20.0. The van der Waals surface area contributed by atoms with Gasteiger partial charge >= 0.3 is 12.3 Å². The highest BCUT2D eigenvalue weighted by molar-refractivity contribution is 5.61. The van der Waals surface area contributed by atoms with Gasteiger partial charge in [-0.15, -0.1) is 0 Å². The second-order valence-electron chi connectivity index (χ2n) is 2.37. The largest absolute Gasteiger partial charge is 0.508 e. The minimum absolute atomic E-state index is 0. The molecule has 0 atom stereocenters. The zero-order valence-electron chi connectivity index (χ0n) is 9.64. The SMILES string of the molecule is C1CO1.CCCO.O.O=C1OCCO1.O=C=O. The Morgan fingerprint density at radius 1 is 1.18 bits per heavy atom. The van der Waals surface area contributed by atoms with E-state index >= 15 is 0 Å². The maximum atomic E-state index is 9.80. The van der Waals surface area contributed by atoms with Crippen LogP contribution in [0.2, 0.25) is 0 Å². The van der Waals surface area contributed by atoms with E-state index in [4.69, 9.17) is 14.7 Å². The monoisotopic (exact) mass is 254 g/mol. The normalized spacial score (nSPS) is 13.4. The summed E-state index contributed by atoms with van der Waals surface area (Å²) in [6.45, 7) is 5.08. The molecule has 2 rings (SSSR count). The summed E-state index contributed by atoms with van der Waals surface area (Å²) in [6, 6.07) is 0. The topological polar surface area (TPSA) is 134 Å². The summed E-state index contributed by atoms with van der Waals surface area (Å²) in [6.07, 6.45) is 0.579. The van der Waals surface area contributed by atoms with Crippen LogP contribution in [0.4, 0.5) is 4.79 Å². The lowest BCUT2D eigenvalue weighted by molar-refractivity contribution is -0.191. The molecule has 2 aliphatic heterocycles. The molecule has 0 aliphatic carbocycles. The smallest absolute Gasteiger partial charge is 0.431 e. The molecule has 0 amide bonds. The number of hydrogen-bond acceptors (Lipinski definition) is 7. The standard InChI is InChI=1S/C3H4O3.C3H8O.C2H4O.CO2.H2O/c4-3-5-1-2-6-3;1-2-3-4;1-2-3-1;2-1-3;/h1-2H2;4H,2-3H2,1H3;1-2H2;;1H2. The molecule has 2 aliphatic rings. The van der Waals surface area contributed by atoms with Crippen molar-refractivity contribution in [1.29, 1.82) is 0 Å². The summed E-state index contributed by atoms with van der Waals surface area (Å²) >= 11 is 0. The third-order valence-electron chi connectivity index (χ3n) is 0.951. The van der Waals surface area contributed by atoms with Crippen molar-refractivity contribution < 1.29 is 39.2 Å². The van der Waals surface area contributed by atoms with Crippen molar-refractivity contribution in [2.24, 2.45) is 0 Å². The first-order valence-electron chi connectivity index (χ1n) is 4.70. The van der Waals surface area contributed by atoms with Crippen LogP contribution in [0.3, 0.4) is 0 Å². The van der Waals surface area contributed by atoms with Crippen LogP contribution < -0.4 is 0 Å². The van der Waals surface area contributed by atoms with Crippen LogP contribution in [0, 0.1) is 0 Å². The Bertz CT molecular complexity index is 173. The fourth-order valence-corrected chi connectivity index (χ4v) is 0.292. The van der Waals surface area contributed by atoms with Gasteiger partial charge in [-0.25, -0.2) is 4.79 Å². The van der Waals surface area contributed by atoms with Gasteiger partial charge in [-0.3, -0.25) is 0 Å². The number of ether oxygens (including phenoxy) is 3. The average molecular weight is 254 g/mol. The first-order valence-corrected chi connectivity index (χ1v) is 4.70. The van der Waals surface area contributed by atoms with Crippen LogP contribution in [-0.2, 0) is 23.8 Å². The first kappa shape index (κ1) is 20.9. The molecule has 3 N–H and O–H groups in total. The van der Waals surface area contributed by atoms with Crippen molar-refractivity contribution in [3.05, 3.63) is 0 Å². The average Bonchev–Trinajstić information content (AvgIpc) is 3.10. The Kier molecular flexibility index (Phi) is 24.6. The van der Waals surface area contributed by atoms with Gasteiger partial charge < -0.3 is 24.8 Å².